The van der Waals surface area contributed by atoms with Crippen molar-refractivity contribution in [2.75, 3.05) is 5.32 Å². The summed E-state index contributed by atoms with van der Waals surface area (Å²) in [7, 11) is 0. The molecule has 0 aromatic heterocycles. The van der Waals surface area contributed by atoms with Gasteiger partial charge in [-0.25, -0.2) is 0 Å². The molecule has 0 amide bonds. The van der Waals surface area contributed by atoms with Gasteiger partial charge in [0.15, 0.2) is 5.57 Å². The molecular formula is C15H9F3N4. The summed E-state index contributed by atoms with van der Waals surface area (Å²) in [5.41, 5.74) is -1.88. The number of allylic oxidation sites excluding steroid dienone is 2. The molecule has 2 rings (SSSR count). The molecule has 1 N–H and O–H groups in total. The molecule has 110 valence electrons. The van der Waals surface area contributed by atoms with Crippen molar-refractivity contribution in [3.63, 3.8) is 0 Å². The van der Waals surface area contributed by atoms with Crippen LogP contribution in [0.3, 0.4) is 0 Å². The Kier molecular flexibility index (Phi) is 3.80. The van der Waals surface area contributed by atoms with Crippen LogP contribution in [0.25, 0.3) is 0 Å². The summed E-state index contributed by atoms with van der Waals surface area (Å²) >= 11 is 0. The van der Waals surface area contributed by atoms with Gasteiger partial charge in [-0.2, -0.15) is 29.0 Å². The average Bonchev–Trinajstić information content (AvgIpc) is 3.29. The van der Waals surface area contributed by atoms with E-state index in [1.165, 1.54) is 24.3 Å². The maximum atomic E-state index is 13.0. The van der Waals surface area contributed by atoms with Crippen LogP contribution in [0.2, 0.25) is 0 Å². The fourth-order valence-electron chi connectivity index (χ4n) is 2.16. The van der Waals surface area contributed by atoms with E-state index in [1.54, 1.807) is 18.2 Å². The van der Waals surface area contributed by atoms with Crippen molar-refractivity contribution in [2.24, 2.45) is 0 Å². The minimum Gasteiger partial charge on any atom is -0.345 e. The molecule has 7 heteroatoms. The van der Waals surface area contributed by atoms with Crippen LogP contribution < -0.4 is 5.32 Å². The van der Waals surface area contributed by atoms with Crippen LogP contribution in [-0.2, 0) is 5.41 Å². The predicted octanol–water partition coefficient (Wildman–Crippen LogP) is 3.52. The molecule has 1 saturated carbocycles. The summed E-state index contributed by atoms with van der Waals surface area (Å²) in [4.78, 5) is 0. The quantitative estimate of drug-likeness (QED) is 0.866. The van der Waals surface area contributed by atoms with Crippen LogP contribution in [0.15, 0.2) is 35.5 Å². The monoisotopic (exact) mass is 302 g/mol. The largest absolute Gasteiger partial charge is 0.398 e. The third kappa shape index (κ3) is 2.60. The van der Waals surface area contributed by atoms with E-state index < -0.39 is 11.6 Å². The van der Waals surface area contributed by atoms with Crippen molar-refractivity contribution in [3.8, 4) is 18.2 Å². The highest BCUT2D eigenvalue weighted by Crippen LogP contribution is 2.58. The summed E-state index contributed by atoms with van der Waals surface area (Å²) < 4.78 is 39.0. The van der Waals surface area contributed by atoms with Crippen molar-refractivity contribution in [3.05, 3.63) is 41.1 Å². The fourth-order valence-corrected chi connectivity index (χ4v) is 2.16. The summed E-state index contributed by atoms with van der Waals surface area (Å²) in [6.45, 7) is 0. The van der Waals surface area contributed by atoms with E-state index in [1.807, 2.05) is 0 Å². The molecule has 1 aliphatic carbocycles. The van der Waals surface area contributed by atoms with Gasteiger partial charge in [-0.15, -0.1) is 0 Å². The molecule has 0 saturated heterocycles. The van der Waals surface area contributed by atoms with Crippen molar-refractivity contribution < 1.29 is 13.2 Å². The fraction of sp³-hybridized carbons (Fsp3) is 0.267. The number of rotatable bonds is 3. The first-order valence-corrected chi connectivity index (χ1v) is 6.27. The molecule has 0 bridgehead atoms. The topological polar surface area (TPSA) is 83.4 Å². The molecule has 0 aliphatic heterocycles. The van der Waals surface area contributed by atoms with Gasteiger partial charge in [0, 0.05) is 5.69 Å². The molecule has 1 aromatic rings. The normalized spacial score (nSPS) is 14.9. The Balaban J connectivity index is 2.25. The Bertz CT molecular complexity index is 719. The van der Waals surface area contributed by atoms with Crippen LogP contribution in [0.5, 0.6) is 0 Å². The average molecular weight is 302 g/mol. The Labute approximate surface area is 124 Å². The van der Waals surface area contributed by atoms with Crippen LogP contribution in [0.1, 0.15) is 18.4 Å². The number of hydrogen-bond donors (Lipinski definition) is 1. The number of nitrogens with one attached hydrogen (secondary N) is 1. The Morgan fingerprint density at radius 2 is 1.55 bits per heavy atom. The first kappa shape index (κ1) is 15.4. The van der Waals surface area contributed by atoms with Crippen LogP contribution in [-0.4, -0.2) is 6.18 Å². The highest BCUT2D eigenvalue weighted by atomic mass is 19.4. The summed E-state index contributed by atoms with van der Waals surface area (Å²) in [5, 5.41) is 28.9. The van der Waals surface area contributed by atoms with E-state index in [4.69, 9.17) is 15.8 Å². The predicted molar refractivity (Wildman–Crippen MR) is 70.9 cm³/mol. The number of nitrogens with zero attached hydrogens (tertiary/aromatic N) is 3. The van der Waals surface area contributed by atoms with Gasteiger partial charge < -0.3 is 5.32 Å². The Morgan fingerprint density at radius 3 is 1.91 bits per heavy atom. The molecule has 1 aliphatic rings. The lowest BCUT2D eigenvalue weighted by atomic mass is 9.95. The number of benzene rings is 1. The third-order valence-electron chi connectivity index (χ3n) is 3.58. The lowest BCUT2D eigenvalue weighted by Gasteiger charge is -2.19. The molecule has 0 heterocycles. The van der Waals surface area contributed by atoms with Gasteiger partial charge in [0.05, 0.1) is 5.41 Å². The molecule has 0 atom stereocenters. The number of anilines is 1. The minimum absolute atomic E-state index is 0.0691. The van der Waals surface area contributed by atoms with E-state index >= 15 is 0 Å². The van der Waals surface area contributed by atoms with Gasteiger partial charge in [-0.3, -0.25) is 0 Å². The zero-order valence-corrected chi connectivity index (χ0v) is 11.2. The standard InChI is InChI=1S/C15H9F3N4/c16-15(17,18)14(5-6-14)11-1-3-12(4-2-11)22-13(9-21)10(7-19)8-20/h1-4,22H,5-6H2. The zero-order valence-electron chi connectivity index (χ0n) is 11.2. The maximum Gasteiger partial charge on any atom is 0.398 e. The van der Waals surface area contributed by atoms with Crippen LogP contribution >= 0.6 is 0 Å². The lowest BCUT2D eigenvalue weighted by molar-refractivity contribution is -0.160. The second kappa shape index (κ2) is 5.42. The van der Waals surface area contributed by atoms with Crippen LogP contribution in [0.4, 0.5) is 18.9 Å². The first-order chi connectivity index (χ1) is 10.4. The highest BCUT2D eigenvalue weighted by molar-refractivity contribution is 5.59. The second-order valence-electron chi connectivity index (χ2n) is 4.87. The van der Waals surface area contributed by atoms with E-state index in [9.17, 15) is 13.2 Å². The molecule has 1 aromatic carbocycles. The minimum atomic E-state index is -4.28. The summed E-state index contributed by atoms with van der Waals surface area (Å²) in [6, 6.07) is 10.3. The van der Waals surface area contributed by atoms with Gasteiger partial charge in [-0.05, 0) is 30.5 Å². The van der Waals surface area contributed by atoms with E-state index in [0.717, 1.165) is 0 Å². The third-order valence-corrected chi connectivity index (χ3v) is 3.58. The molecule has 0 radical (unpaired) electrons. The van der Waals surface area contributed by atoms with Gasteiger partial charge in [0.1, 0.15) is 23.9 Å². The smallest absolute Gasteiger partial charge is 0.345 e. The van der Waals surface area contributed by atoms with Gasteiger partial charge in [-0.1, -0.05) is 12.1 Å². The van der Waals surface area contributed by atoms with Crippen molar-refractivity contribution in [2.45, 2.75) is 24.4 Å². The lowest BCUT2D eigenvalue weighted by Crippen LogP contribution is -2.28. The molecular weight excluding hydrogens is 293 g/mol. The van der Waals surface area contributed by atoms with Crippen molar-refractivity contribution in [1.82, 2.24) is 0 Å². The molecule has 1 fully saturated rings. The zero-order chi connectivity index (χ0) is 16.4. The second-order valence-corrected chi connectivity index (χ2v) is 4.87. The van der Waals surface area contributed by atoms with E-state index in [-0.39, 0.29) is 29.7 Å². The SMILES string of the molecule is N#CC(C#N)=C(C#N)Nc1ccc(C2(C(F)(F)F)CC2)cc1. The Morgan fingerprint density at radius 1 is 1.00 bits per heavy atom. The van der Waals surface area contributed by atoms with Gasteiger partial charge in [0.2, 0.25) is 0 Å². The maximum absolute atomic E-state index is 13.0. The number of nitriles is 3. The number of hydrogen-bond acceptors (Lipinski definition) is 4. The highest BCUT2D eigenvalue weighted by Gasteiger charge is 2.64. The van der Waals surface area contributed by atoms with Gasteiger partial charge in [0.25, 0.3) is 0 Å². The van der Waals surface area contributed by atoms with Crippen LogP contribution in [0, 0.1) is 34.0 Å². The molecule has 0 spiro atoms. The number of alkyl halides is 3. The molecule has 0 unspecified atom stereocenters. The summed E-state index contributed by atoms with van der Waals surface area (Å²) in [6.07, 6.45) is -4.15. The van der Waals surface area contributed by atoms with E-state index in [2.05, 4.69) is 5.32 Å². The van der Waals surface area contributed by atoms with Crippen molar-refractivity contribution >= 4 is 5.69 Å². The van der Waals surface area contributed by atoms with E-state index in [0.29, 0.717) is 5.69 Å². The summed E-state index contributed by atoms with van der Waals surface area (Å²) in [5.74, 6) is 0. The molecule has 4 nitrogen and oxygen atoms in total. The molecule has 22 heavy (non-hydrogen) atoms. The Hall–Kier alpha value is -2.98. The number of halogens is 3. The van der Waals surface area contributed by atoms with Gasteiger partial charge >= 0.3 is 6.18 Å². The van der Waals surface area contributed by atoms with Crippen molar-refractivity contribution in [1.29, 1.82) is 15.8 Å². The first-order valence-electron chi connectivity index (χ1n) is 6.27.